The van der Waals surface area contributed by atoms with E-state index in [9.17, 15) is 0 Å². The van der Waals surface area contributed by atoms with Gasteiger partial charge in [0.2, 0.25) is 0 Å². The van der Waals surface area contributed by atoms with Crippen LogP contribution in [0, 0.1) is 0 Å². The van der Waals surface area contributed by atoms with Gasteiger partial charge < -0.3 is 9.16 Å². The maximum atomic E-state index is 6.60. The van der Waals surface area contributed by atoms with E-state index in [0.717, 1.165) is 13.0 Å². The highest BCUT2D eigenvalue weighted by Gasteiger charge is 2.40. The van der Waals surface area contributed by atoms with E-state index in [4.69, 9.17) is 9.16 Å². The van der Waals surface area contributed by atoms with E-state index < -0.39 is 8.32 Å². The number of hydrogen-bond donors (Lipinski definition) is 0. The first-order valence-electron chi connectivity index (χ1n) is 7.14. The third-order valence-electron chi connectivity index (χ3n) is 4.29. The monoisotopic (exact) mass is 278 g/mol. The Balaban J connectivity index is 2.14. The van der Waals surface area contributed by atoms with Gasteiger partial charge in [0, 0.05) is 6.42 Å². The van der Waals surface area contributed by atoms with E-state index in [2.05, 4.69) is 64.2 Å². The molecule has 19 heavy (non-hydrogen) atoms. The van der Waals surface area contributed by atoms with Crippen LogP contribution in [0.15, 0.2) is 30.3 Å². The molecule has 106 valence electrons. The van der Waals surface area contributed by atoms with Crippen molar-refractivity contribution in [3.05, 3.63) is 35.9 Å². The second-order valence-electron chi connectivity index (χ2n) is 6.97. The molecule has 1 fully saturated rings. The Morgan fingerprint density at radius 1 is 1.26 bits per heavy atom. The van der Waals surface area contributed by atoms with Gasteiger partial charge in [0.1, 0.15) is 0 Å². The van der Waals surface area contributed by atoms with Crippen molar-refractivity contribution < 1.29 is 9.16 Å². The van der Waals surface area contributed by atoms with E-state index >= 15 is 0 Å². The molecule has 0 aliphatic carbocycles. The molecule has 3 heteroatoms. The number of hydrogen-bond acceptors (Lipinski definition) is 2. The summed E-state index contributed by atoms with van der Waals surface area (Å²) in [5.41, 5.74) is 1.28. The van der Waals surface area contributed by atoms with E-state index in [1.165, 1.54) is 5.56 Å². The van der Waals surface area contributed by atoms with Gasteiger partial charge in [-0.05, 0) is 23.7 Å². The van der Waals surface area contributed by atoms with Crippen molar-refractivity contribution in [1.82, 2.24) is 0 Å². The molecule has 0 amide bonds. The lowest BCUT2D eigenvalue weighted by Crippen LogP contribution is -2.42. The molecule has 1 aromatic carbocycles. The Morgan fingerprint density at radius 3 is 2.32 bits per heavy atom. The molecule has 2 nitrogen and oxygen atoms in total. The minimum Gasteiger partial charge on any atom is -0.410 e. The average Bonchev–Trinajstić information content (AvgIpc) is 3.11. The molecule has 1 aliphatic rings. The Labute approximate surface area is 118 Å². The summed E-state index contributed by atoms with van der Waals surface area (Å²) in [5, 5.41) is 0.241. The highest BCUT2D eigenvalue weighted by molar-refractivity contribution is 6.74. The first-order chi connectivity index (χ1) is 8.79. The first kappa shape index (κ1) is 14.8. The van der Waals surface area contributed by atoms with Crippen LogP contribution in [0.4, 0.5) is 0 Å². The molecule has 2 atom stereocenters. The molecule has 0 bridgehead atoms. The third kappa shape index (κ3) is 3.91. The lowest BCUT2D eigenvalue weighted by Gasteiger charge is -2.39. The highest BCUT2D eigenvalue weighted by atomic mass is 28.4. The van der Waals surface area contributed by atoms with Gasteiger partial charge in [-0.3, -0.25) is 0 Å². The second kappa shape index (κ2) is 5.39. The minimum atomic E-state index is -1.75. The Bertz CT molecular complexity index is 405. The van der Waals surface area contributed by atoms with Crippen molar-refractivity contribution in [1.29, 1.82) is 0 Å². The third-order valence-corrected chi connectivity index (χ3v) is 8.78. The summed E-state index contributed by atoms with van der Waals surface area (Å²) >= 11 is 0. The van der Waals surface area contributed by atoms with Crippen molar-refractivity contribution in [2.24, 2.45) is 0 Å². The quantitative estimate of drug-likeness (QED) is 0.582. The van der Waals surface area contributed by atoms with Gasteiger partial charge in [-0.2, -0.15) is 0 Å². The molecule has 0 saturated carbocycles. The van der Waals surface area contributed by atoms with Gasteiger partial charge in [-0.1, -0.05) is 51.1 Å². The Morgan fingerprint density at radius 2 is 1.84 bits per heavy atom. The fourth-order valence-corrected chi connectivity index (χ4v) is 3.19. The van der Waals surface area contributed by atoms with E-state index in [1.54, 1.807) is 0 Å². The summed E-state index contributed by atoms with van der Waals surface area (Å²) in [6.07, 6.45) is 1.56. The summed E-state index contributed by atoms with van der Waals surface area (Å²) in [5.74, 6) is 0. The van der Waals surface area contributed by atoms with Crippen LogP contribution in [-0.4, -0.2) is 21.0 Å². The molecular weight excluding hydrogens is 252 g/mol. The van der Waals surface area contributed by atoms with Gasteiger partial charge in [0.05, 0.1) is 18.8 Å². The van der Waals surface area contributed by atoms with Crippen LogP contribution in [0.2, 0.25) is 18.1 Å². The molecule has 0 unspecified atom stereocenters. The van der Waals surface area contributed by atoms with Crippen LogP contribution in [0.3, 0.4) is 0 Å². The van der Waals surface area contributed by atoms with Gasteiger partial charge in [0.25, 0.3) is 0 Å². The zero-order valence-electron chi connectivity index (χ0n) is 12.8. The summed E-state index contributed by atoms with van der Waals surface area (Å²) in [4.78, 5) is 0. The molecule has 1 aromatic rings. The van der Waals surface area contributed by atoms with E-state index in [-0.39, 0.29) is 11.1 Å². The topological polar surface area (TPSA) is 21.8 Å². The standard InChI is InChI=1S/C16H26O2Si/c1-16(2,3)19(4,5)18-15(11-14-12-17-14)13-9-7-6-8-10-13/h6-10,14-15H,11-12H2,1-5H3/t14-,15+/m0/s1. The fraction of sp³-hybridized carbons (Fsp3) is 0.625. The zero-order valence-corrected chi connectivity index (χ0v) is 13.8. The molecule has 1 saturated heterocycles. The first-order valence-corrected chi connectivity index (χ1v) is 10.0. The maximum Gasteiger partial charge on any atom is 0.192 e. The predicted octanol–water partition coefficient (Wildman–Crippen LogP) is 4.54. The molecule has 0 N–H and O–H groups in total. The molecule has 0 aromatic heterocycles. The van der Waals surface area contributed by atoms with Crippen LogP contribution in [-0.2, 0) is 9.16 Å². The molecule has 1 heterocycles. The Kier molecular flexibility index (Phi) is 4.19. The van der Waals surface area contributed by atoms with Gasteiger partial charge >= 0.3 is 0 Å². The zero-order chi connectivity index (χ0) is 14.1. The molecule has 1 aliphatic heterocycles. The van der Waals surface area contributed by atoms with Crippen LogP contribution in [0.25, 0.3) is 0 Å². The molecule has 0 spiro atoms. The molecule has 2 rings (SSSR count). The van der Waals surface area contributed by atoms with Crippen LogP contribution < -0.4 is 0 Å². The highest BCUT2D eigenvalue weighted by Crippen LogP contribution is 2.41. The van der Waals surface area contributed by atoms with Gasteiger partial charge in [-0.25, -0.2) is 0 Å². The summed E-state index contributed by atoms with van der Waals surface area (Å²) in [6.45, 7) is 12.4. The summed E-state index contributed by atoms with van der Waals surface area (Å²) in [6, 6.07) is 10.6. The largest absolute Gasteiger partial charge is 0.410 e. The van der Waals surface area contributed by atoms with Crippen molar-refractivity contribution in [2.75, 3.05) is 6.61 Å². The maximum absolute atomic E-state index is 6.60. The van der Waals surface area contributed by atoms with Crippen LogP contribution >= 0.6 is 0 Å². The minimum absolute atomic E-state index is 0.176. The normalized spacial score (nSPS) is 21.2. The SMILES string of the molecule is CC(C)(C)[Si](C)(C)O[C@H](C[C@H]1CO1)c1ccccc1. The number of ether oxygens (including phenoxy) is 1. The molecular formula is C16H26O2Si. The van der Waals surface area contributed by atoms with Gasteiger partial charge in [0.15, 0.2) is 8.32 Å². The summed E-state index contributed by atoms with van der Waals surface area (Å²) in [7, 11) is -1.75. The summed E-state index contributed by atoms with van der Waals surface area (Å²) < 4.78 is 12.0. The van der Waals surface area contributed by atoms with E-state index in [0.29, 0.717) is 6.10 Å². The van der Waals surface area contributed by atoms with Gasteiger partial charge in [-0.15, -0.1) is 0 Å². The number of benzene rings is 1. The number of epoxide rings is 1. The fourth-order valence-electron chi connectivity index (χ4n) is 1.90. The average molecular weight is 278 g/mol. The van der Waals surface area contributed by atoms with Crippen LogP contribution in [0.1, 0.15) is 38.9 Å². The number of rotatable bonds is 5. The molecule has 0 radical (unpaired) electrons. The van der Waals surface area contributed by atoms with Crippen LogP contribution in [0.5, 0.6) is 0 Å². The van der Waals surface area contributed by atoms with Crippen molar-refractivity contribution in [2.45, 2.75) is 57.5 Å². The smallest absolute Gasteiger partial charge is 0.192 e. The van der Waals surface area contributed by atoms with Crippen molar-refractivity contribution >= 4 is 8.32 Å². The Hall–Kier alpha value is -0.643. The lowest BCUT2D eigenvalue weighted by molar-refractivity contribution is 0.160. The second-order valence-corrected chi connectivity index (χ2v) is 11.7. The predicted molar refractivity (Wildman–Crippen MR) is 81.8 cm³/mol. The van der Waals surface area contributed by atoms with Crippen molar-refractivity contribution in [3.8, 4) is 0 Å². The van der Waals surface area contributed by atoms with E-state index in [1.807, 2.05) is 0 Å². The lowest BCUT2D eigenvalue weighted by atomic mass is 10.1. The van der Waals surface area contributed by atoms with Crippen molar-refractivity contribution in [3.63, 3.8) is 0 Å².